The second-order valence-corrected chi connectivity index (χ2v) is 4.99. The van der Waals surface area contributed by atoms with Gasteiger partial charge in [0.15, 0.2) is 0 Å². The van der Waals surface area contributed by atoms with Crippen LogP contribution in [0.1, 0.15) is 28.4 Å². The maximum Gasteiger partial charge on any atom is 0.416 e. The van der Waals surface area contributed by atoms with Crippen LogP contribution in [0.4, 0.5) is 18.9 Å². The predicted molar refractivity (Wildman–Crippen MR) is 75.7 cm³/mol. The second kappa shape index (κ2) is 5.77. The fourth-order valence-electron chi connectivity index (χ4n) is 2.20. The first-order chi connectivity index (χ1) is 9.79. The molecule has 2 nitrogen and oxygen atoms in total. The van der Waals surface area contributed by atoms with Crippen LogP contribution >= 0.6 is 0 Å². The third kappa shape index (κ3) is 3.55. The molecule has 1 unspecified atom stereocenters. The van der Waals surface area contributed by atoms with Gasteiger partial charge in [-0.05, 0) is 36.2 Å². The molecule has 0 amide bonds. The van der Waals surface area contributed by atoms with Gasteiger partial charge < -0.3 is 10.8 Å². The van der Waals surface area contributed by atoms with E-state index in [0.717, 1.165) is 23.3 Å². The van der Waals surface area contributed by atoms with Gasteiger partial charge >= 0.3 is 6.18 Å². The highest BCUT2D eigenvalue weighted by atomic mass is 19.4. The number of nitrogen functional groups attached to an aromatic ring is 1. The first-order valence-electron chi connectivity index (χ1n) is 6.48. The number of nitrogens with two attached hydrogens (primary N) is 1. The summed E-state index contributed by atoms with van der Waals surface area (Å²) in [5.41, 5.74) is 7.00. The highest BCUT2D eigenvalue weighted by molar-refractivity contribution is 5.50. The standard InChI is InChI=1S/C16H16F3NO/c1-10-4-2-3-5-11(10)8-15(21)13-9-12(16(17,18)19)6-7-14(13)20/h2-7,9,15,21H,8,20H2,1H3. The quantitative estimate of drug-likeness (QED) is 0.844. The molecule has 0 aromatic heterocycles. The minimum absolute atomic E-state index is 0.105. The van der Waals surface area contributed by atoms with Crippen molar-refractivity contribution in [2.75, 3.05) is 5.73 Å². The zero-order chi connectivity index (χ0) is 15.6. The van der Waals surface area contributed by atoms with Crippen LogP contribution in [0, 0.1) is 6.92 Å². The number of alkyl halides is 3. The van der Waals surface area contributed by atoms with Crippen molar-refractivity contribution in [2.45, 2.75) is 25.6 Å². The van der Waals surface area contributed by atoms with Crippen LogP contribution in [-0.4, -0.2) is 5.11 Å². The van der Waals surface area contributed by atoms with E-state index in [-0.39, 0.29) is 17.7 Å². The summed E-state index contributed by atoms with van der Waals surface area (Å²) in [5.74, 6) is 0. The highest BCUT2D eigenvalue weighted by Gasteiger charge is 2.31. The van der Waals surface area contributed by atoms with Crippen molar-refractivity contribution >= 4 is 5.69 Å². The summed E-state index contributed by atoms with van der Waals surface area (Å²) in [7, 11) is 0. The van der Waals surface area contributed by atoms with Crippen LogP contribution in [0.5, 0.6) is 0 Å². The molecule has 0 radical (unpaired) electrons. The maximum absolute atomic E-state index is 12.7. The van der Waals surface area contributed by atoms with Crippen LogP contribution in [0.15, 0.2) is 42.5 Å². The van der Waals surface area contributed by atoms with Crippen LogP contribution < -0.4 is 5.73 Å². The van der Waals surface area contributed by atoms with Gasteiger partial charge in [-0.25, -0.2) is 0 Å². The lowest BCUT2D eigenvalue weighted by Gasteiger charge is -2.17. The summed E-state index contributed by atoms with van der Waals surface area (Å²) in [4.78, 5) is 0. The van der Waals surface area contributed by atoms with Gasteiger partial charge in [-0.3, -0.25) is 0 Å². The fraction of sp³-hybridized carbons (Fsp3) is 0.250. The third-order valence-electron chi connectivity index (χ3n) is 3.45. The summed E-state index contributed by atoms with van der Waals surface area (Å²) in [6.07, 6.45) is -5.31. The molecule has 2 rings (SSSR count). The minimum atomic E-state index is -4.45. The molecule has 0 aliphatic heterocycles. The molecule has 5 heteroatoms. The summed E-state index contributed by atoms with van der Waals surface area (Å²) in [5, 5.41) is 10.2. The summed E-state index contributed by atoms with van der Waals surface area (Å²) < 4.78 is 38.2. The highest BCUT2D eigenvalue weighted by Crippen LogP contribution is 2.34. The lowest BCUT2D eigenvalue weighted by molar-refractivity contribution is -0.137. The number of rotatable bonds is 3. The Bertz CT molecular complexity index is 638. The van der Waals surface area contributed by atoms with Crippen molar-refractivity contribution in [1.82, 2.24) is 0 Å². The van der Waals surface area contributed by atoms with Crippen molar-refractivity contribution in [2.24, 2.45) is 0 Å². The van der Waals surface area contributed by atoms with E-state index in [0.29, 0.717) is 0 Å². The largest absolute Gasteiger partial charge is 0.416 e. The molecular formula is C16H16F3NO. The molecule has 2 aromatic rings. The smallest absolute Gasteiger partial charge is 0.398 e. The Morgan fingerprint density at radius 2 is 1.81 bits per heavy atom. The monoisotopic (exact) mass is 295 g/mol. The Kier molecular flexibility index (Phi) is 4.23. The van der Waals surface area contributed by atoms with E-state index in [2.05, 4.69) is 0 Å². The van der Waals surface area contributed by atoms with Gasteiger partial charge in [0.25, 0.3) is 0 Å². The van der Waals surface area contributed by atoms with Gasteiger partial charge in [0.1, 0.15) is 0 Å². The second-order valence-electron chi connectivity index (χ2n) is 4.99. The Hall–Kier alpha value is -2.01. The number of anilines is 1. The van der Waals surface area contributed by atoms with Crippen molar-refractivity contribution < 1.29 is 18.3 Å². The number of aliphatic hydroxyl groups is 1. The molecule has 0 saturated carbocycles. The number of aliphatic hydroxyl groups excluding tert-OH is 1. The van der Waals surface area contributed by atoms with E-state index in [4.69, 9.17) is 5.73 Å². The Balaban J connectivity index is 2.31. The molecule has 0 aliphatic carbocycles. The van der Waals surface area contributed by atoms with Crippen molar-refractivity contribution in [3.8, 4) is 0 Å². The van der Waals surface area contributed by atoms with Gasteiger partial charge in [0.2, 0.25) is 0 Å². The molecule has 0 spiro atoms. The van der Waals surface area contributed by atoms with Crippen LogP contribution in [0.25, 0.3) is 0 Å². The number of hydrogen-bond acceptors (Lipinski definition) is 2. The third-order valence-corrected chi connectivity index (χ3v) is 3.45. The van der Waals surface area contributed by atoms with Gasteiger partial charge in [0.05, 0.1) is 11.7 Å². The van der Waals surface area contributed by atoms with Crippen molar-refractivity contribution in [3.63, 3.8) is 0 Å². The number of halogens is 3. The van der Waals surface area contributed by atoms with Gasteiger partial charge in [-0.15, -0.1) is 0 Å². The van der Waals surface area contributed by atoms with Crippen molar-refractivity contribution in [1.29, 1.82) is 0 Å². The van der Waals surface area contributed by atoms with Gasteiger partial charge in [-0.1, -0.05) is 24.3 Å². The number of benzene rings is 2. The predicted octanol–water partition coefficient (Wildman–Crippen LogP) is 3.87. The molecular weight excluding hydrogens is 279 g/mol. The van der Waals surface area contributed by atoms with Crippen LogP contribution in [0.3, 0.4) is 0 Å². The van der Waals surface area contributed by atoms with E-state index in [9.17, 15) is 18.3 Å². The Labute approximate surface area is 121 Å². The van der Waals surface area contributed by atoms with Crippen molar-refractivity contribution in [3.05, 3.63) is 64.7 Å². The molecule has 0 saturated heterocycles. The first-order valence-corrected chi connectivity index (χ1v) is 6.48. The minimum Gasteiger partial charge on any atom is -0.398 e. The zero-order valence-electron chi connectivity index (χ0n) is 11.5. The molecule has 21 heavy (non-hydrogen) atoms. The summed E-state index contributed by atoms with van der Waals surface area (Å²) in [6, 6.07) is 10.4. The molecule has 0 heterocycles. The summed E-state index contributed by atoms with van der Waals surface area (Å²) >= 11 is 0. The van der Waals surface area contributed by atoms with E-state index >= 15 is 0 Å². The van der Waals surface area contributed by atoms with Gasteiger partial charge in [-0.2, -0.15) is 13.2 Å². The molecule has 2 aromatic carbocycles. The summed E-state index contributed by atoms with van der Waals surface area (Å²) in [6.45, 7) is 1.89. The average Bonchev–Trinajstić information content (AvgIpc) is 2.40. The lowest BCUT2D eigenvalue weighted by Crippen LogP contribution is -2.10. The fourth-order valence-corrected chi connectivity index (χ4v) is 2.20. The molecule has 112 valence electrons. The zero-order valence-corrected chi connectivity index (χ0v) is 11.5. The molecule has 0 bridgehead atoms. The normalized spacial score (nSPS) is 13.2. The molecule has 3 N–H and O–H groups in total. The number of aryl methyl sites for hydroxylation is 1. The van der Waals surface area contributed by atoms with Gasteiger partial charge in [0, 0.05) is 17.7 Å². The molecule has 0 fully saturated rings. The maximum atomic E-state index is 12.7. The SMILES string of the molecule is Cc1ccccc1CC(O)c1cc(C(F)(F)F)ccc1N. The van der Waals surface area contributed by atoms with Crippen LogP contribution in [0.2, 0.25) is 0 Å². The number of hydrogen-bond donors (Lipinski definition) is 2. The molecule has 1 atom stereocenters. The Morgan fingerprint density at radius 3 is 2.43 bits per heavy atom. The van der Waals surface area contributed by atoms with E-state index in [1.54, 1.807) is 0 Å². The topological polar surface area (TPSA) is 46.2 Å². The average molecular weight is 295 g/mol. The lowest BCUT2D eigenvalue weighted by atomic mass is 9.96. The molecule has 0 aliphatic rings. The van der Waals surface area contributed by atoms with E-state index < -0.39 is 17.8 Å². The van der Waals surface area contributed by atoms with Crippen LogP contribution in [-0.2, 0) is 12.6 Å². The first kappa shape index (κ1) is 15.4. The van der Waals surface area contributed by atoms with E-state index in [1.165, 1.54) is 6.07 Å². The van der Waals surface area contributed by atoms with E-state index in [1.807, 2.05) is 31.2 Å². The Morgan fingerprint density at radius 1 is 1.14 bits per heavy atom.